The van der Waals surface area contributed by atoms with Crippen molar-refractivity contribution in [2.24, 2.45) is 0 Å². The van der Waals surface area contributed by atoms with Crippen LogP contribution in [0.5, 0.6) is 0 Å². The van der Waals surface area contributed by atoms with Crippen LogP contribution in [0.4, 0.5) is 4.39 Å². The van der Waals surface area contributed by atoms with Gasteiger partial charge in [-0.2, -0.15) is 4.37 Å². The first-order chi connectivity index (χ1) is 10.5. The van der Waals surface area contributed by atoms with E-state index >= 15 is 0 Å². The summed E-state index contributed by atoms with van der Waals surface area (Å²) in [4.78, 5) is 16.4. The predicted molar refractivity (Wildman–Crippen MR) is 86.5 cm³/mol. The second kappa shape index (κ2) is 7.47. The van der Waals surface area contributed by atoms with Crippen LogP contribution in [0.15, 0.2) is 29.6 Å². The number of carbonyl (C=O) groups is 1. The van der Waals surface area contributed by atoms with Crippen molar-refractivity contribution in [3.8, 4) is 0 Å². The van der Waals surface area contributed by atoms with E-state index in [0.717, 1.165) is 12.2 Å². The zero-order valence-corrected chi connectivity index (χ0v) is 13.9. The average molecular weight is 321 g/mol. The van der Waals surface area contributed by atoms with Crippen molar-refractivity contribution in [1.29, 1.82) is 0 Å². The van der Waals surface area contributed by atoms with Gasteiger partial charge in [-0.25, -0.2) is 4.39 Å². The van der Waals surface area contributed by atoms with Crippen molar-refractivity contribution in [2.45, 2.75) is 13.5 Å². The number of aromatic nitrogens is 1. The lowest BCUT2D eigenvalue weighted by Crippen LogP contribution is -2.36. The van der Waals surface area contributed by atoms with Crippen molar-refractivity contribution in [3.63, 3.8) is 0 Å². The molecule has 0 saturated heterocycles. The van der Waals surface area contributed by atoms with Crippen molar-refractivity contribution in [1.82, 2.24) is 14.2 Å². The Kier molecular flexibility index (Phi) is 5.63. The molecule has 1 amide bonds. The molecule has 0 radical (unpaired) electrons. The van der Waals surface area contributed by atoms with Crippen molar-refractivity contribution in [2.75, 3.05) is 27.2 Å². The molecule has 1 aromatic heterocycles. The molecule has 0 unspecified atom stereocenters. The number of benzene rings is 1. The van der Waals surface area contributed by atoms with Crippen molar-refractivity contribution >= 4 is 17.4 Å². The Morgan fingerprint density at radius 2 is 2.00 bits per heavy atom. The molecule has 0 atom stereocenters. The summed E-state index contributed by atoms with van der Waals surface area (Å²) < 4.78 is 18.0. The smallest absolute Gasteiger partial charge is 0.256 e. The number of halogens is 1. The second-order valence-corrected chi connectivity index (χ2v) is 6.06. The number of rotatable bonds is 6. The summed E-state index contributed by atoms with van der Waals surface area (Å²) in [6.45, 7) is 3.33. The number of aryl methyl sites for hydroxylation is 1. The molecular weight excluding hydrogens is 301 g/mol. The summed E-state index contributed by atoms with van der Waals surface area (Å²) >= 11 is 1.26. The Morgan fingerprint density at radius 1 is 1.27 bits per heavy atom. The summed E-state index contributed by atoms with van der Waals surface area (Å²) in [7, 11) is 3.90. The van der Waals surface area contributed by atoms with Gasteiger partial charge in [0.25, 0.3) is 5.91 Å². The zero-order chi connectivity index (χ0) is 16.1. The minimum atomic E-state index is -0.287. The molecule has 0 fully saturated rings. The third-order valence-corrected chi connectivity index (χ3v) is 4.12. The van der Waals surface area contributed by atoms with Crippen LogP contribution in [0.1, 0.15) is 21.6 Å². The van der Waals surface area contributed by atoms with Gasteiger partial charge in [-0.15, -0.1) is 0 Å². The fraction of sp³-hybridized carbons (Fsp3) is 0.375. The summed E-state index contributed by atoms with van der Waals surface area (Å²) in [6.07, 6.45) is 0. The van der Waals surface area contributed by atoms with Gasteiger partial charge in [-0.1, -0.05) is 18.2 Å². The van der Waals surface area contributed by atoms with Crippen LogP contribution in [0, 0.1) is 12.7 Å². The SMILES string of the molecule is Cc1nscc1C(=O)N(CCN(C)C)Cc1ccccc1F. The number of hydrogen-bond acceptors (Lipinski definition) is 4. The molecular formula is C16H20FN3OS. The lowest BCUT2D eigenvalue weighted by molar-refractivity contribution is 0.0730. The first-order valence-electron chi connectivity index (χ1n) is 7.07. The highest BCUT2D eigenvalue weighted by atomic mass is 32.1. The maximum atomic E-state index is 13.9. The largest absolute Gasteiger partial charge is 0.333 e. The van der Waals surface area contributed by atoms with E-state index in [4.69, 9.17) is 0 Å². The molecule has 4 nitrogen and oxygen atoms in total. The van der Waals surface area contributed by atoms with Gasteiger partial charge in [0.2, 0.25) is 0 Å². The van der Waals surface area contributed by atoms with Gasteiger partial charge in [0, 0.05) is 30.6 Å². The van der Waals surface area contributed by atoms with E-state index in [2.05, 4.69) is 4.37 Å². The molecule has 0 aliphatic carbocycles. The molecule has 1 aromatic carbocycles. The Labute approximate surface area is 134 Å². The molecule has 0 saturated carbocycles. The van der Waals surface area contributed by atoms with Crippen molar-refractivity contribution in [3.05, 3.63) is 52.3 Å². The maximum absolute atomic E-state index is 13.9. The van der Waals surface area contributed by atoms with E-state index in [1.165, 1.54) is 17.6 Å². The van der Waals surface area contributed by atoms with Crippen LogP contribution in [0.3, 0.4) is 0 Å². The van der Waals surface area contributed by atoms with Crippen LogP contribution >= 0.6 is 11.5 Å². The first-order valence-corrected chi connectivity index (χ1v) is 7.91. The molecule has 0 aliphatic rings. The number of carbonyl (C=O) groups excluding carboxylic acids is 1. The van der Waals surface area contributed by atoms with Crippen molar-refractivity contribution < 1.29 is 9.18 Å². The minimum absolute atomic E-state index is 0.101. The zero-order valence-electron chi connectivity index (χ0n) is 13.0. The third-order valence-electron chi connectivity index (χ3n) is 3.40. The molecule has 1 heterocycles. The molecule has 0 aliphatic heterocycles. The van der Waals surface area contributed by atoms with Gasteiger partial charge in [-0.3, -0.25) is 4.79 Å². The Hall–Kier alpha value is -1.79. The number of nitrogens with zero attached hydrogens (tertiary/aromatic N) is 3. The van der Waals surface area contributed by atoms with Gasteiger partial charge in [-0.05, 0) is 38.6 Å². The van der Waals surface area contributed by atoms with E-state index in [1.54, 1.807) is 28.5 Å². The third kappa shape index (κ3) is 4.11. The van der Waals surface area contributed by atoms with Crippen LogP contribution < -0.4 is 0 Å². The highest BCUT2D eigenvalue weighted by molar-refractivity contribution is 7.03. The van der Waals surface area contributed by atoms with Gasteiger partial charge in [0.05, 0.1) is 11.3 Å². The van der Waals surface area contributed by atoms with E-state index in [0.29, 0.717) is 17.7 Å². The highest BCUT2D eigenvalue weighted by Crippen LogP contribution is 2.16. The highest BCUT2D eigenvalue weighted by Gasteiger charge is 2.20. The normalized spacial score (nSPS) is 11.0. The lowest BCUT2D eigenvalue weighted by Gasteiger charge is -2.24. The number of hydrogen-bond donors (Lipinski definition) is 0. The molecule has 2 rings (SSSR count). The maximum Gasteiger partial charge on any atom is 0.256 e. The lowest BCUT2D eigenvalue weighted by atomic mass is 10.1. The van der Waals surface area contributed by atoms with Crippen LogP contribution in [0.2, 0.25) is 0 Å². The second-order valence-electron chi connectivity index (χ2n) is 5.44. The summed E-state index contributed by atoms with van der Waals surface area (Å²) in [5.41, 5.74) is 1.84. The summed E-state index contributed by atoms with van der Waals surface area (Å²) in [5, 5.41) is 1.75. The number of amides is 1. The Morgan fingerprint density at radius 3 is 2.59 bits per heavy atom. The molecule has 6 heteroatoms. The topological polar surface area (TPSA) is 36.4 Å². The average Bonchev–Trinajstić information content (AvgIpc) is 2.90. The van der Waals surface area contributed by atoms with E-state index in [9.17, 15) is 9.18 Å². The fourth-order valence-corrected chi connectivity index (χ4v) is 2.76. The van der Waals surface area contributed by atoms with Gasteiger partial charge < -0.3 is 9.80 Å². The van der Waals surface area contributed by atoms with E-state index < -0.39 is 0 Å². The van der Waals surface area contributed by atoms with Crippen LogP contribution in [0.25, 0.3) is 0 Å². The molecule has 22 heavy (non-hydrogen) atoms. The molecule has 0 bridgehead atoms. The molecule has 2 aromatic rings. The quantitative estimate of drug-likeness (QED) is 0.821. The van der Waals surface area contributed by atoms with Gasteiger partial charge in [0.1, 0.15) is 5.82 Å². The fourth-order valence-electron chi connectivity index (χ4n) is 2.07. The summed E-state index contributed by atoms with van der Waals surface area (Å²) in [6, 6.07) is 6.56. The van der Waals surface area contributed by atoms with E-state index in [-0.39, 0.29) is 18.3 Å². The van der Waals surface area contributed by atoms with Crippen LogP contribution in [-0.4, -0.2) is 47.3 Å². The van der Waals surface area contributed by atoms with Crippen LogP contribution in [-0.2, 0) is 6.54 Å². The number of likely N-dealkylation sites (N-methyl/N-ethyl adjacent to an activating group) is 1. The molecule has 118 valence electrons. The molecule has 0 spiro atoms. The standard InChI is InChI=1S/C16H20FN3OS/c1-12-14(11-22-18-12)16(21)20(9-8-19(2)3)10-13-6-4-5-7-15(13)17/h4-7,11H,8-10H2,1-3H3. The Balaban J connectivity index is 2.21. The van der Waals surface area contributed by atoms with Gasteiger partial charge in [0.15, 0.2) is 0 Å². The first kappa shape index (κ1) is 16.6. The predicted octanol–water partition coefficient (Wildman–Crippen LogP) is 2.79. The summed E-state index contributed by atoms with van der Waals surface area (Å²) in [5.74, 6) is -0.387. The van der Waals surface area contributed by atoms with Gasteiger partial charge >= 0.3 is 0 Å². The van der Waals surface area contributed by atoms with E-state index in [1.807, 2.05) is 25.9 Å². The molecule has 0 N–H and O–H groups in total. The minimum Gasteiger partial charge on any atom is -0.333 e. The Bertz CT molecular complexity index is 642. The monoisotopic (exact) mass is 321 g/mol.